The number of fused-ring (bicyclic) bond motifs is 3. The van der Waals surface area contributed by atoms with Crippen LogP contribution in [0.1, 0.15) is 31.4 Å². The molecule has 1 aliphatic carbocycles. The molecule has 2 aliphatic rings. The number of imidazole rings is 1. The van der Waals surface area contributed by atoms with Gasteiger partial charge in [-0.25, -0.2) is 9.37 Å². The van der Waals surface area contributed by atoms with Gasteiger partial charge in [-0.15, -0.1) is 0 Å². The average Bonchev–Trinajstić information content (AvgIpc) is 2.98. The van der Waals surface area contributed by atoms with Crippen LogP contribution in [0.4, 0.5) is 10.3 Å². The van der Waals surface area contributed by atoms with Crippen LogP contribution in [-0.2, 0) is 4.79 Å². The maximum Gasteiger partial charge on any atom is 0.209 e. The summed E-state index contributed by atoms with van der Waals surface area (Å²) in [6.07, 6.45) is 1.36. The molecule has 130 valence electrons. The van der Waals surface area contributed by atoms with Crippen LogP contribution in [0.15, 0.2) is 59.8 Å². The van der Waals surface area contributed by atoms with Gasteiger partial charge >= 0.3 is 0 Å². The third kappa shape index (κ3) is 2.20. The number of carbonyl (C=O) groups excluding carboxylic acids is 1. The lowest BCUT2D eigenvalue weighted by Crippen LogP contribution is -2.33. The van der Waals surface area contributed by atoms with E-state index in [9.17, 15) is 9.18 Å². The lowest BCUT2D eigenvalue weighted by Gasteiger charge is -2.35. The van der Waals surface area contributed by atoms with E-state index in [1.807, 2.05) is 24.3 Å². The average molecular weight is 347 g/mol. The van der Waals surface area contributed by atoms with Crippen LogP contribution < -0.4 is 5.32 Å². The molecule has 1 aromatic heterocycles. The Labute approximate surface area is 150 Å². The molecule has 0 fully saturated rings. The first-order valence-corrected chi connectivity index (χ1v) is 8.87. The molecular formula is C21H18FN3O. The van der Waals surface area contributed by atoms with E-state index in [2.05, 4.69) is 16.8 Å². The fourth-order valence-electron chi connectivity index (χ4n) is 4.18. The van der Waals surface area contributed by atoms with Crippen molar-refractivity contribution in [2.45, 2.75) is 25.8 Å². The summed E-state index contributed by atoms with van der Waals surface area (Å²) in [6, 6.07) is 14.0. The second-order valence-electron chi connectivity index (χ2n) is 7.20. The number of ketones is 1. The molecule has 2 unspecified atom stereocenters. The highest BCUT2D eigenvalue weighted by atomic mass is 19.1. The molecule has 2 heterocycles. The van der Waals surface area contributed by atoms with Gasteiger partial charge in [0.2, 0.25) is 5.95 Å². The first-order chi connectivity index (χ1) is 12.6. The molecule has 0 spiro atoms. The van der Waals surface area contributed by atoms with Crippen LogP contribution >= 0.6 is 0 Å². The first-order valence-electron chi connectivity index (χ1n) is 8.87. The van der Waals surface area contributed by atoms with Crippen molar-refractivity contribution in [2.75, 3.05) is 5.32 Å². The molecule has 0 amide bonds. The Hall–Kier alpha value is -2.95. The second-order valence-corrected chi connectivity index (χ2v) is 7.20. The zero-order valence-corrected chi connectivity index (χ0v) is 14.4. The van der Waals surface area contributed by atoms with Gasteiger partial charge < -0.3 is 5.32 Å². The molecule has 26 heavy (non-hydrogen) atoms. The summed E-state index contributed by atoms with van der Waals surface area (Å²) in [5.41, 5.74) is 4.47. The van der Waals surface area contributed by atoms with Crippen LogP contribution in [0, 0.1) is 11.7 Å². The Morgan fingerprint density at radius 2 is 1.88 bits per heavy atom. The van der Waals surface area contributed by atoms with Crippen molar-refractivity contribution in [1.82, 2.24) is 9.55 Å². The minimum absolute atomic E-state index is 0.156. The summed E-state index contributed by atoms with van der Waals surface area (Å²) in [5, 5.41) is 3.40. The van der Waals surface area contributed by atoms with Gasteiger partial charge in [0.15, 0.2) is 5.78 Å². The zero-order valence-electron chi connectivity index (χ0n) is 14.4. The summed E-state index contributed by atoms with van der Waals surface area (Å²) in [4.78, 5) is 17.7. The number of anilines is 1. The number of hydrogen-bond acceptors (Lipinski definition) is 3. The number of halogens is 1. The molecule has 1 aliphatic heterocycles. The highest BCUT2D eigenvalue weighted by Gasteiger charge is 2.38. The number of carbonyl (C=O) groups is 1. The Morgan fingerprint density at radius 1 is 1.12 bits per heavy atom. The molecule has 0 saturated heterocycles. The van der Waals surface area contributed by atoms with Crippen molar-refractivity contribution in [3.8, 4) is 0 Å². The number of Topliss-reactive ketones (excluding diaryl/α,β-unsaturated/α-hetero) is 1. The Kier molecular flexibility index (Phi) is 3.26. The molecule has 4 nitrogen and oxygen atoms in total. The number of benzene rings is 2. The number of nitrogens with one attached hydrogen (secondary N) is 1. The smallest absolute Gasteiger partial charge is 0.209 e. The quantitative estimate of drug-likeness (QED) is 0.708. The van der Waals surface area contributed by atoms with Crippen LogP contribution in [0.3, 0.4) is 0 Å². The monoisotopic (exact) mass is 347 g/mol. The van der Waals surface area contributed by atoms with Crippen LogP contribution in [0.25, 0.3) is 11.0 Å². The standard InChI is InChI=1S/C21H18FN3O/c1-12-10-16-19(18(26)11-12)20(13-6-8-14(22)9-7-13)25-17-5-3-2-4-15(17)23-21(25)24-16/h2-9,12,20H,10-11H2,1H3,(H,23,24). The van der Waals surface area contributed by atoms with Gasteiger partial charge in [-0.2, -0.15) is 0 Å². The van der Waals surface area contributed by atoms with Gasteiger partial charge in [0.1, 0.15) is 5.82 Å². The number of aromatic nitrogens is 2. The minimum Gasteiger partial charge on any atom is -0.329 e. The van der Waals surface area contributed by atoms with Crippen molar-refractivity contribution >= 4 is 22.8 Å². The predicted octanol–water partition coefficient (Wildman–Crippen LogP) is 4.44. The van der Waals surface area contributed by atoms with Crippen molar-refractivity contribution in [2.24, 2.45) is 5.92 Å². The van der Waals surface area contributed by atoms with Crippen LogP contribution in [-0.4, -0.2) is 15.3 Å². The Balaban J connectivity index is 1.79. The molecule has 5 rings (SSSR count). The number of nitrogens with zero attached hydrogens (tertiary/aromatic N) is 2. The van der Waals surface area contributed by atoms with Gasteiger partial charge in [-0.05, 0) is 42.2 Å². The van der Waals surface area contributed by atoms with Crippen LogP contribution in [0.5, 0.6) is 0 Å². The number of hydrogen-bond donors (Lipinski definition) is 1. The van der Waals surface area contributed by atoms with Gasteiger partial charge in [0.05, 0.1) is 17.1 Å². The minimum atomic E-state index is -0.283. The number of allylic oxidation sites excluding steroid dienone is 2. The normalized spacial score (nSPS) is 22.2. The largest absolute Gasteiger partial charge is 0.329 e. The van der Waals surface area contributed by atoms with Crippen molar-refractivity contribution < 1.29 is 9.18 Å². The van der Waals surface area contributed by atoms with E-state index in [0.29, 0.717) is 12.3 Å². The van der Waals surface area contributed by atoms with Gasteiger partial charge in [-0.3, -0.25) is 9.36 Å². The van der Waals surface area contributed by atoms with E-state index in [0.717, 1.165) is 40.2 Å². The third-order valence-electron chi connectivity index (χ3n) is 5.29. The van der Waals surface area contributed by atoms with Gasteiger partial charge in [0, 0.05) is 17.7 Å². The summed E-state index contributed by atoms with van der Waals surface area (Å²) in [5.74, 6) is 0.917. The summed E-state index contributed by atoms with van der Waals surface area (Å²) in [6.45, 7) is 2.09. The topological polar surface area (TPSA) is 46.9 Å². The highest BCUT2D eigenvalue weighted by Crippen LogP contribution is 2.43. The molecule has 1 N–H and O–H groups in total. The molecule has 0 bridgehead atoms. The summed E-state index contributed by atoms with van der Waals surface area (Å²) >= 11 is 0. The molecule has 0 radical (unpaired) electrons. The molecule has 2 aromatic carbocycles. The van der Waals surface area contributed by atoms with E-state index in [1.165, 1.54) is 12.1 Å². The zero-order chi connectivity index (χ0) is 17.8. The lowest BCUT2D eigenvalue weighted by atomic mass is 9.81. The maximum atomic E-state index is 13.5. The molecule has 2 atom stereocenters. The SMILES string of the molecule is CC1CC(=O)C2=C(C1)Nc1nc3ccccc3n1C2c1ccc(F)cc1. The fourth-order valence-corrected chi connectivity index (χ4v) is 4.18. The highest BCUT2D eigenvalue weighted by molar-refractivity contribution is 6.00. The Morgan fingerprint density at radius 3 is 2.69 bits per heavy atom. The predicted molar refractivity (Wildman–Crippen MR) is 98.3 cm³/mol. The van der Waals surface area contributed by atoms with E-state index < -0.39 is 0 Å². The van der Waals surface area contributed by atoms with Crippen molar-refractivity contribution in [3.63, 3.8) is 0 Å². The van der Waals surface area contributed by atoms with E-state index in [1.54, 1.807) is 12.1 Å². The Bertz CT molecular complexity index is 1060. The fraction of sp³-hybridized carbons (Fsp3) is 0.238. The van der Waals surface area contributed by atoms with Gasteiger partial charge in [0.25, 0.3) is 0 Å². The number of rotatable bonds is 1. The number of para-hydroxylation sites is 2. The second kappa shape index (κ2) is 5.53. The van der Waals surface area contributed by atoms with Crippen molar-refractivity contribution in [3.05, 3.63) is 71.2 Å². The van der Waals surface area contributed by atoms with E-state index >= 15 is 0 Å². The lowest BCUT2D eigenvalue weighted by molar-refractivity contribution is -0.117. The maximum absolute atomic E-state index is 13.5. The summed E-state index contributed by atoms with van der Waals surface area (Å²) in [7, 11) is 0. The third-order valence-corrected chi connectivity index (χ3v) is 5.29. The molecule has 5 heteroatoms. The van der Waals surface area contributed by atoms with Crippen LogP contribution in [0.2, 0.25) is 0 Å². The first kappa shape index (κ1) is 15.3. The molecule has 0 saturated carbocycles. The van der Waals surface area contributed by atoms with Crippen molar-refractivity contribution in [1.29, 1.82) is 0 Å². The molecule has 3 aromatic rings. The van der Waals surface area contributed by atoms with E-state index in [-0.39, 0.29) is 17.6 Å². The summed E-state index contributed by atoms with van der Waals surface area (Å²) < 4.78 is 15.6. The van der Waals surface area contributed by atoms with E-state index in [4.69, 9.17) is 4.98 Å². The molecular weight excluding hydrogens is 329 g/mol. The van der Waals surface area contributed by atoms with Gasteiger partial charge in [-0.1, -0.05) is 31.2 Å².